The van der Waals surface area contributed by atoms with Crippen LogP contribution >= 0.6 is 24.0 Å². The van der Waals surface area contributed by atoms with Crippen molar-refractivity contribution in [1.82, 2.24) is 15.5 Å². The third-order valence-corrected chi connectivity index (χ3v) is 5.57. The van der Waals surface area contributed by atoms with Gasteiger partial charge in [0.15, 0.2) is 5.96 Å². The van der Waals surface area contributed by atoms with Gasteiger partial charge in [-0.15, -0.1) is 24.0 Å². The fraction of sp³-hybridized carbons (Fsp3) is 0.458. The molecule has 1 saturated heterocycles. The predicted octanol–water partition coefficient (Wildman–Crippen LogP) is 4.21. The number of hydrogen-bond donors (Lipinski definition) is 2. The van der Waals surface area contributed by atoms with Gasteiger partial charge in [0.1, 0.15) is 0 Å². The predicted molar refractivity (Wildman–Crippen MR) is 135 cm³/mol. The number of piperidine rings is 1. The molecule has 2 aromatic carbocycles. The highest BCUT2D eigenvalue weighted by Gasteiger charge is 2.23. The van der Waals surface area contributed by atoms with Crippen molar-refractivity contribution in [3.05, 3.63) is 71.8 Å². The van der Waals surface area contributed by atoms with Gasteiger partial charge in [-0.2, -0.15) is 0 Å². The minimum absolute atomic E-state index is 0. The Labute approximate surface area is 198 Å². The van der Waals surface area contributed by atoms with Crippen molar-refractivity contribution >= 4 is 29.9 Å². The molecule has 0 aromatic heterocycles. The Morgan fingerprint density at radius 1 is 1.07 bits per heavy atom. The van der Waals surface area contributed by atoms with E-state index in [0.29, 0.717) is 25.3 Å². The summed E-state index contributed by atoms with van der Waals surface area (Å²) in [4.78, 5) is 6.94. The highest BCUT2D eigenvalue weighted by atomic mass is 127. The minimum atomic E-state index is 0. The molecule has 0 bridgehead atoms. The summed E-state index contributed by atoms with van der Waals surface area (Å²) in [6.45, 7) is 6.56. The summed E-state index contributed by atoms with van der Waals surface area (Å²) < 4.78 is 5.74. The van der Waals surface area contributed by atoms with Crippen LogP contribution in [0.25, 0.3) is 0 Å². The molecule has 1 aliphatic heterocycles. The zero-order valence-electron chi connectivity index (χ0n) is 18.1. The molecule has 0 spiro atoms. The van der Waals surface area contributed by atoms with Crippen LogP contribution in [0.5, 0.6) is 0 Å². The van der Waals surface area contributed by atoms with Crippen molar-refractivity contribution < 1.29 is 4.74 Å². The number of nitrogens with zero attached hydrogens (tertiary/aromatic N) is 2. The summed E-state index contributed by atoms with van der Waals surface area (Å²) in [6.07, 6.45) is 2.25. The molecule has 6 heteroatoms. The first-order valence-corrected chi connectivity index (χ1v) is 10.6. The molecule has 1 atom stereocenters. The second-order valence-corrected chi connectivity index (χ2v) is 7.58. The van der Waals surface area contributed by atoms with Crippen LogP contribution in [0, 0.1) is 0 Å². The Morgan fingerprint density at radius 3 is 2.33 bits per heavy atom. The molecule has 1 fully saturated rings. The molecule has 2 aromatic rings. The first kappa shape index (κ1) is 24.6. The van der Waals surface area contributed by atoms with Crippen LogP contribution in [-0.2, 0) is 11.3 Å². The van der Waals surface area contributed by atoms with Crippen molar-refractivity contribution in [2.75, 3.05) is 33.3 Å². The fourth-order valence-electron chi connectivity index (χ4n) is 3.77. The van der Waals surface area contributed by atoms with Gasteiger partial charge in [-0.3, -0.25) is 9.89 Å². The van der Waals surface area contributed by atoms with Crippen LogP contribution in [0.4, 0.5) is 0 Å². The van der Waals surface area contributed by atoms with Crippen LogP contribution < -0.4 is 10.6 Å². The van der Waals surface area contributed by atoms with Crippen molar-refractivity contribution in [2.24, 2.45) is 4.99 Å². The topological polar surface area (TPSA) is 48.9 Å². The van der Waals surface area contributed by atoms with E-state index in [-0.39, 0.29) is 24.0 Å². The largest absolute Gasteiger partial charge is 0.375 e. The van der Waals surface area contributed by atoms with E-state index in [1.807, 2.05) is 25.2 Å². The molecule has 2 N–H and O–H groups in total. The van der Waals surface area contributed by atoms with Gasteiger partial charge in [-0.05, 0) is 30.9 Å². The second kappa shape index (κ2) is 13.6. The third kappa shape index (κ3) is 7.89. The lowest BCUT2D eigenvalue weighted by Gasteiger charge is -2.37. The molecule has 3 rings (SSSR count). The van der Waals surface area contributed by atoms with Crippen LogP contribution in [0.1, 0.15) is 36.9 Å². The summed E-state index contributed by atoms with van der Waals surface area (Å²) in [5.41, 5.74) is 2.60. The van der Waals surface area contributed by atoms with Gasteiger partial charge in [-0.1, -0.05) is 60.7 Å². The first-order chi connectivity index (χ1) is 14.3. The SMILES string of the molecule is CN=C(NCCOCc1ccccc1)NC1CCN(C(C)c2ccccc2)CC1.I. The highest BCUT2D eigenvalue weighted by Crippen LogP contribution is 2.23. The zero-order chi connectivity index (χ0) is 20.3. The van der Waals surface area contributed by atoms with Gasteiger partial charge >= 0.3 is 0 Å². The molecule has 1 unspecified atom stereocenters. The van der Waals surface area contributed by atoms with Gasteiger partial charge in [-0.25, -0.2) is 0 Å². The Balaban J connectivity index is 0.00000320. The van der Waals surface area contributed by atoms with Crippen LogP contribution in [0.3, 0.4) is 0 Å². The summed E-state index contributed by atoms with van der Waals surface area (Å²) in [6, 6.07) is 22.0. The number of rotatable bonds is 8. The molecule has 0 radical (unpaired) electrons. The van der Waals surface area contributed by atoms with Gasteiger partial charge < -0.3 is 15.4 Å². The Kier molecular flexibility index (Phi) is 11.2. The lowest BCUT2D eigenvalue weighted by Crippen LogP contribution is -2.49. The van der Waals surface area contributed by atoms with E-state index >= 15 is 0 Å². The highest BCUT2D eigenvalue weighted by molar-refractivity contribution is 14.0. The van der Waals surface area contributed by atoms with E-state index in [1.54, 1.807) is 0 Å². The quantitative estimate of drug-likeness (QED) is 0.236. The van der Waals surface area contributed by atoms with Gasteiger partial charge in [0.25, 0.3) is 0 Å². The average molecular weight is 522 g/mol. The summed E-state index contributed by atoms with van der Waals surface area (Å²) in [5, 5.41) is 6.93. The lowest BCUT2D eigenvalue weighted by atomic mass is 10.0. The van der Waals surface area contributed by atoms with Crippen LogP contribution in [-0.4, -0.2) is 50.2 Å². The number of aliphatic imine (C=N–C) groups is 1. The molecule has 1 aliphatic rings. The molecule has 164 valence electrons. The van der Waals surface area contributed by atoms with Gasteiger partial charge in [0.05, 0.1) is 13.2 Å². The summed E-state index contributed by atoms with van der Waals surface area (Å²) >= 11 is 0. The van der Waals surface area contributed by atoms with E-state index in [9.17, 15) is 0 Å². The monoisotopic (exact) mass is 522 g/mol. The first-order valence-electron chi connectivity index (χ1n) is 10.6. The molecule has 1 heterocycles. The van der Waals surface area contributed by atoms with Crippen molar-refractivity contribution in [2.45, 2.75) is 38.5 Å². The van der Waals surface area contributed by atoms with Gasteiger partial charge in [0, 0.05) is 38.8 Å². The molecule has 30 heavy (non-hydrogen) atoms. The minimum Gasteiger partial charge on any atom is -0.375 e. The maximum Gasteiger partial charge on any atom is 0.191 e. The summed E-state index contributed by atoms with van der Waals surface area (Å²) in [7, 11) is 1.83. The molecule has 5 nitrogen and oxygen atoms in total. The number of nitrogens with one attached hydrogen (secondary N) is 2. The number of halogens is 1. The number of benzene rings is 2. The van der Waals surface area contributed by atoms with E-state index in [4.69, 9.17) is 4.74 Å². The Hall–Kier alpha value is -1.64. The van der Waals surface area contributed by atoms with Crippen molar-refractivity contribution in [3.63, 3.8) is 0 Å². The zero-order valence-corrected chi connectivity index (χ0v) is 20.4. The van der Waals surface area contributed by atoms with Gasteiger partial charge in [0.2, 0.25) is 0 Å². The van der Waals surface area contributed by atoms with Crippen LogP contribution in [0.15, 0.2) is 65.7 Å². The van der Waals surface area contributed by atoms with E-state index in [1.165, 1.54) is 11.1 Å². The van der Waals surface area contributed by atoms with Crippen molar-refractivity contribution in [3.8, 4) is 0 Å². The number of guanidine groups is 1. The van der Waals surface area contributed by atoms with E-state index in [0.717, 1.165) is 38.4 Å². The Bertz CT molecular complexity index is 733. The molecule has 0 aliphatic carbocycles. The van der Waals surface area contributed by atoms with E-state index in [2.05, 4.69) is 69.9 Å². The normalized spacial score (nSPS) is 16.5. The van der Waals surface area contributed by atoms with E-state index < -0.39 is 0 Å². The Morgan fingerprint density at radius 2 is 1.70 bits per heavy atom. The number of hydrogen-bond acceptors (Lipinski definition) is 3. The molecular weight excluding hydrogens is 487 g/mol. The lowest BCUT2D eigenvalue weighted by molar-refractivity contribution is 0.125. The standard InChI is InChI=1S/C24H34N4O.HI/c1-20(22-11-7-4-8-12-22)28-16-13-23(14-17-28)27-24(25-2)26-15-18-29-19-21-9-5-3-6-10-21;/h3-12,20,23H,13-19H2,1-2H3,(H2,25,26,27);1H. The van der Waals surface area contributed by atoms with Crippen LogP contribution in [0.2, 0.25) is 0 Å². The molecule has 0 saturated carbocycles. The van der Waals surface area contributed by atoms with Crippen molar-refractivity contribution in [1.29, 1.82) is 0 Å². The second-order valence-electron chi connectivity index (χ2n) is 7.58. The maximum absolute atomic E-state index is 5.74. The average Bonchev–Trinajstić information content (AvgIpc) is 2.79. The maximum atomic E-state index is 5.74. The summed E-state index contributed by atoms with van der Waals surface area (Å²) in [5.74, 6) is 0.864. The fourth-order valence-corrected chi connectivity index (χ4v) is 3.77. The number of likely N-dealkylation sites (tertiary alicyclic amines) is 1. The molecule has 0 amide bonds. The number of ether oxygens (including phenoxy) is 1. The smallest absolute Gasteiger partial charge is 0.191 e. The third-order valence-electron chi connectivity index (χ3n) is 5.57. The molecular formula is C24H35IN4O.